The minimum Gasteiger partial charge on any atom is -0.480 e. The zero-order valence-electron chi connectivity index (χ0n) is 21.9. The Morgan fingerprint density at radius 2 is 1.05 bits per heavy atom. The standard InChI is InChI=1S/C23H43N7O8/c24-19(31)13-26-3-1-18(2-4-26)25-20(32)14-27-5-7-28(15-21(33)34)9-11-30(17-23(37)38)12-10-29(8-6-27)16-22(35)36/h18,21,33-34H,1-17H2,(H2,24,31)(H,25,32)(H,35,36)(H,37,38). The summed E-state index contributed by atoms with van der Waals surface area (Å²) >= 11 is 0. The molecule has 38 heavy (non-hydrogen) atoms. The van der Waals surface area contributed by atoms with E-state index in [4.69, 9.17) is 5.73 Å². The topological polar surface area (TPSA) is 203 Å². The molecular weight excluding hydrogens is 502 g/mol. The summed E-state index contributed by atoms with van der Waals surface area (Å²) in [6.07, 6.45) is -0.139. The molecular formula is C23H43N7O8. The van der Waals surface area contributed by atoms with E-state index in [0.717, 1.165) is 0 Å². The van der Waals surface area contributed by atoms with E-state index in [1.54, 1.807) is 9.80 Å². The van der Waals surface area contributed by atoms with E-state index in [9.17, 15) is 39.6 Å². The van der Waals surface area contributed by atoms with Gasteiger partial charge in [-0.2, -0.15) is 0 Å². The Hall–Kier alpha value is -2.40. The van der Waals surface area contributed by atoms with E-state index in [1.165, 1.54) is 0 Å². The van der Waals surface area contributed by atoms with Crippen LogP contribution in [0.25, 0.3) is 0 Å². The molecule has 0 unspecified atom stereocenters. The lowest BCUT2D eigenvalue weighted by Crippen LogP contribution is -2.51. The summed E-state index contributed by atoms with van der Waals surface area (Å²) < 4.78 is 0. The Balaban J connectivity index is 2.01. The summed E-state index contributed by atoms with van der Waals surface area (Å²) in [4.78, 5) is 55.8. The molecule has 218 valence electrons. The first-order valence-corrected chi connectivity index (χ1v) is 13.0. The van der Waals surface area contributed by atoms with Crippen LogP contribution in [0.1, 0.15) is 12.8 Å². The average Bonchev–Trinajstić information content (AvgIpc) is 2.80. The predicted molar refractivity (Wildman–Crippen MR) is 136 cm³/mol. The lowest BCUT2D eigenvalue weighted by atomic mass is 10.0. The molecule has 2 aliphatic rings. The molecule has 2 fully saturated rings. The van der Waals surface area contributed by atoms with Gasteiger partial charge in [0.2, 0.25) is 11.8 Å². The summed E-state index contributed by atoms with van der Waals surface area (Å²) in [5.74, 6) is -2.52. The Morgan fingerprint density at radius 3 is 1.45 bits per heavy atom. The summed E-state index contributed by atoms with van der Waals surface area (Å²) in [5.41, 5.74) is 5.26. The maximum absolute atomic E-state index is 12.9. The fourth-order valence-corrected chi connectivity index (χ4v) is 4.78. The third-order valence-corrected chi connectivity index (χ3v) is 6.77. The Bertz CT molecular complexity index is 779. The van der Waals surface area contributed by atoms with Crippen molar-refractivity contribution < 1.29 is 39.6 Å². The minimum absolute atomic E-state index is 0.0103. The van der Waals surface area contributed by atoms with Gasteiger partial charge in [-0.3, -0.25) is 43.7 Å². The van der Waals surface area contributed by atoms with Crippen molar-refractivity contribution in [1.29, 1.82) is 0 Å². The van der Waals surface area contributed by atoms with Crippen molar-refractivity contribution in [1.82, 2.24) is 29.8 Å². The van der Waals surface area contributed by atoms with Crippen molar-refractivity contribution in [3.05, 3.63) is 0 Å². The number of carboxylic acids is 2. The number of amides is 2. The number of carbonyl (C=O) groups is 4. The number of aliphatic carboxylic acids is 2. The van der Waals surface area contributed by atoms with E-state index < -0.39 is 18.2 Å². The van der Waals surface area contributed by atoms with Gasteiger partial charge in [-0.15, -0.1) is 0 Å². The molecule has 0 bridgehead atoms. The van der Waals surface area contributed by atoms with Gasteiger partial charge >= 0.3 is 11.9 Å². The Morgan fingerprint density at radius 1 is 0.658 bits per heavy atom. The van der Waals surface area contributed by atoms with E-state index in [1.807, 2.05) is 14.7 Å². The second-order valence-corrected chi connectivity index (χ2v) is 9.98. The molecule has 7 N–H and O–H groups in total. The molecule has 0 spiro atoms. The molecule has 0 radical (unpaired) electrons. The molecule has 15 heteroatoms. The van der Waals surface area contributed by atoms with Crippen LogP contribution in [0.2, 0.25) is 0 Å². The molecule has 2 saturated heterocycles. The first-order valence-electron chi connectivity index (χ1n) is 13.0. The number of primary amides is 1. The number of rotatable bonds is 11. The second kappa shape index (κ2) is 16.5. The van der Waals surface area contributed by atoms with Crippen LogP contribution in [0.3, 0.4) is 0 Å². The molecule has 2 heterocycles. The summed E-state index contributed by atoms with van der Waals surface area (Å²) in [6, 6.07) is -0.0103. The quantitative estimate of drug-likeness (QED) is 0.136. The van der Waals surface area contributed by atoms with Crippen LogP contribution >= 0.6 is 0 Å². The number of likely N-dealkylation sites (tertiary alicyclic amines) is 1. The number of β-amino-alcohol motifs (C(OH)–C–C–N with tert-alkyl or cyclic N) is 2. The van der Waals surface area contributed by atoms with Gasteiger partial charge < -0.3 is 31.5 Å². The van der Waals surface area contributed by atoms with E-state index in [-0.39, 0.29) is 50.6 Å². The maximum atomic E-state index is 12.9. The lowest BCUT2D eigenvalue weighted by Gasteiger charge is -2.34. The highest BCUT2D eigenvalue weighted by molar-refractivity contribution is 5.78. The summed E-state index contributed by atoms with van der Waals surface area (Å²) in [7, 11) is 0. The van der Waals surface area contributed by atoms with E-state index in [2.05, 4.69) is 5.32 Å². The second-order valence-electron chi connectivity index (χ2n) is 9.98. The fourth-order valence-electron chi connectivity index (χ4n) is 4.78. The molecule has 15 nitrogen and oxygen atoms in total. The highest BCUT2D eigenvalue weighted by Gasteiger charge is 2.24. The van der Waals surface area contributed by atoms with Gasteiger partial charge in [-0.25, -0.2) is 0 Å². The number of nitrogens with zero attached hydrogens (tertiary/aromatic N) is 5. The number of aliphatic hydroxyl groups excluding tert-OH is 1. The van der Waals surface area contributed by atoms with Crippen molar-refractivity contribution >= 4 is 23.8 Å². The number of carbonyl (C=O) groups excluding carboxylic acids is 2. The third kappa shape index (κ3) is 13.4. The number of nitrogens with two attached hydrogens (primary N) is 1. The molecule has 2 amide bonds. The Labute approximate surface area is 222 Å². The largest absolute Gasteiger partial charge is 0.480 e. The highest BCUT2D eigenvalue weighted by Crippen LogP contribution is 2.10. The van der Waals surface area contributed by atoms with Crippen molar-refractivity contribution in [3.8, 4) is 0 Å². The monoisotopic (exact) mass is 545 g/mol. The summed E-state index contributed by atoms with van der Waals surface area (Å²) in [6.45, 7) is 4.25. The van der Waals surface area contributed by atoms with Crippen LogP contribution in [0.5, 0.6) is 0 Å². The van der Waals surface area contributed by atoms with Crippen molar-refractivity contribution in [2.75, 3.05) is 98.2 Å². The van der Waals surface area contributed by atoms with Gasteiger partial charge in [0.25, 0.3) is 0 Å². The molecule has 2 rings (SSSR count). The van der Waals surface area contributed by atoms with Crippen LogP contribution in [-0.2, 0) is 19.2 Å². The zero-order valence-corrected chi connectivity index (χ0v) is 21.9. The third-order valence-electron chi connectivity index (χ3n) is 6.77. The first-order chi connectivity index (χ1) is 18.0. The Kier molecular flexibility index (Phi) is 13.8. The van der Waals surface area contributed by atoms with Gasteiger partial charge in [-0.1, -0.05) is 0 Å². The molecule has 0 saturated carbocycles. The number of piperidine rings is 1. The molecule has 0 aromatic rings. The predicted octanol–water partition coefficient (Wildman–Crippen LogP) is -4.25. The van der Waals surface area contributed by atoms with Crippen LogP contribution in [0, 0.1) is 0 Å². The van der Waals surface area contributed by atoms with Crippen LogP contribution in [-0.4, -0.2) is 179 Å². The van der Waals surface area contributed by atoms with Gasteiger partial charge in [-0.05, 0) is 12.8 Å². The minimum atomic E-state index is -1.56. The number of hydrogen-bond acceptors (Lipinski definition) is 11. The number of hydrogen-bond donors (Lipinski definition) is 6. The normalized spacial score (nSPS) is 21.0. The van der Waals surface area contributed by atoms with Crippen molar-refractivity contribution in [2.45, 2.75) is 25.2 Å². The maximum Gasteiger partial charge on any atom is 0.317 e. The molecule has 0 aromatic heterocycles. The number of nitrogens with one attached hydrogen (secondary N) is 1. The van der Waals surface area contributed by atoms with E-state index >= 15 is 0 Å². The van der Waals surface area contributed by atoms with Gasteiger partial charge in [0.1, 0.15) is 0 Å². The van der Waals surface area contributed by atoms with Gasteiger partial charge in [0, 0.05) is 78.0 Å². The zero-order chi connectivity index (χ0) is 28.1. The van der Waals surface area contributed by atoms with Crippen molar-refractivity contribution in [3.63, 3.8) is 0 Å². The summed E-state index contributed by atoms with van der Waals surface area (Å²) in [5, 5.41) is 40.7. The van der Waals surface area contributed by atoms with Crippen molar-refractivity contribution in [2.24, 2.45) is 5.73 Å². The smallest absolute Gasteiger partial charge is 0.317 e. The van der Waals surface area contributed by atoms with Crippen LogP contribution < -0.4 is 11.1 Å². The van der Waals surface area contributed by atoms with Gasteiger partial charge in [0.15, 0.2) is 6.29 Å². The number of carboxylic acid groups (broad SMARTS) is 2. The molecule has 0 aliphatic carbocycles. The lowest BCUT2D eigenvalue weighted by molar-refractivity contribution is -0.140. The molecule has 0 aromatic carbocycles. The van der Waals surface area contributed by atoms with Crippen LogP contribution in [0.4, 0.5) is 0 Å². The fraction of sp³-hybridized carbons (Fsp3) is 0.826. The van der Waals surface area contributed by atoms with Crippen LogP contribution in [0.15, 0.2) is 0 Å². The SMILES string of the molecule is NC(=O)CN1CCC(NC(=O)CN2CCN(CC(=O)O)CCN(CC(=O)O)CCN(CC(O)O)CC2)CC1. The average molecular weight is 546 g/mol. The highest BCUT2D eigenvalue weighted by atomic mass is 16.5. The molecule has 0 atom stereocenters. The van der Waals surface area contributed by atoms with E-state index in [0.29, 0.717) is 78.3 Å². The molecule has 2 aliphatic heterocycles. The number of aliphatic hydroxyl groups is 2. The van der Waals surface area contributed by atoms with Gasteiger partial charge in [0.05, 0.1) is 26.2 Å². The first kappa shape index (κ1) is 31.8.